The largest absolute Gasteiger partial charge is 0.550 e. The molecule has 0 saturated carbocycles. The van der Waals surface area contributed by atoms with Gasteiger partial charge in [0.05, 0.1) is 19.1 Å². The summed E-state index contributed by atoms with van der Waals surface area (Å²) in [6.45, 7) is 0.0102. The second-order valence-electron chi connectivity index (χ2n) is 4.57. The van der Waals surface area contributed by atoms with E-state index in [1.807, 2.05) is 0 Å². The lowest BCUT2D eigenvalue weighted by Gasteiger charge is -2.14. The van der Waals surface area contributed by atoms with Gasteiger partial charge in [-0.05, 0) is 23.8 Å². The predicted molar refractivity (Wildman–Crippen MR) is 89.0 cm³/mol. The quantitative estimate of drug-likeness (QED) is 0.559. The Labute approximate surface area is 143 Å². The van der Waals surface area contributed by atoms with E-state index in [9.17, 15) is 14.7 Å². The summed E-state index contributed by atoms with van der Waals surface area (Å²) in [7, 11) is 3.07. The molecular formula is C15H14NO5S2-. The Morgan fingerprint density at radius 1 is 1.35 bits per heavy atom. The monoisotopic (exact) mass is 352 g/mol. The van der Waals surface area contributed by atoms with Crippen LogP contribution in [0.4, 0.5) is 0 Å². The molecule has 0 aliphatic carbocycles. The summed E-state index contributed by atoms with van der Waals surface area (Å²) in [6, 6.07) is 5.27. The van der Waals surface area contributed by atoms with Gasteiger partial charge in [-0.3, -0.25) is 9.69 Å². The van der Waals surface area contributed by atoms with Gasteiger partial charge in [0.1, 0.15) is 4.32 Å². The number of thioether (sulfide) groups is 1. The number of aliphatic carboxylic acids is 1. The predicted octanol–water partition coefficient (Wildman–Crippen LogP) is 1.04. The second-order valence-corrected chi connectivity index (χ2v) is 6.25. The molecule has 1 heterocycles. The van der Waals surface area contributed by atoms with Gasteiger partial charge in [-0.25, -0.2) is 0 Å². The maximum Gasteiger partial charge on any atom is 0.266 e. The number of carbonyl (C=O) groups excluding carboxylic acids is 2. The number of thiocarbonyl (C=S) groups is 1. The van der Waals surface area contributed by atoms with E-state index in [-0.39, 0.29) is 18.9 Å². The SMILES string of the molecule is COc1ccc(/C=C2\SC(=S)N(CCC(=O)[O-])C2=O)cc1OC. The van der Waals surface area contributed by atoms with Crippen molar-refractivity contribution in [2.24, 2.45) is 0 Å². The highest BCUT2D eigenvalue weighted by atomic mass is 32.2. The average Bonchev–Trinajstić information content (AvgIpc) is 2.79. The third-order valence-corrected chi connectivity index (χ3v) is 4.50. The van der Waals surface area contributed by atoms with E-state index in [4.69, 9.17) is 21.7 Å². The zero-order valence-electron chi connectivity index (χ0n) is 12.5. The van der Waals surface area contributed by atoms with Crippen molar-refractivity contribution in [3.63, 3.8) is 0 Å². The summed E-state index contributed by atoms with van der Waals surface area (Å²) < 4.78 is 10.7. The minimum Gasteiger partial charge on any atom is -0.550 e. The molecule has 1 fully saturated rings. The molecule has 1 aliphatic rings. The smallest absolute Gasteiger partial charge is 0.266 e. The molecule has 0 bridgehead atoms. The molecule has 122 valence electrons. The fraction of sp³-hybridized carbons (Fsp3) is 0.267. The number of benzene rings is 1. The maximum absolute atomic E-state index is 12.3. The molecular weight excluding hydrogens is 338 g/mol. The summed E-state index contributed by atoms with van der Waals surface area (Å²) in [5.41, 5.74) is 0.753. The number of amides is 1. The summed E-state index contributed by atoms with van der Waals surface area (Å²) >= 11 is 6.26. The van der Waals surface area contributed by atoms with Gasteiger partial charge in [0.2, 0.25) is 0 Å². The van der Waals surface area contributed by atoms with Crippen molar-refractivity contribution in [2.45, 2.75) is 6.42 Å². The van der Waals surface area contributed by atoms with E-state index >= 15 is 0 Å². The lowest BCUT2D eigenvalue weighted by atomic mass is 10.2. The first kappa shape index (κ1) is 17.3. The lowest BCUT2D eigenvalue weighted by molar-refractivity contribution is -0.305. The van der Waals surface area contributed by atoms with Crippen LogP contribution in [-0.4, -0.2) is 41.9 Å². The number of ether oxygens (including phenoxy) is 2. The molecule has 1 aromatic carbocycles. The van der Waals surface area contributed by atoms with Crippen LogP contribution >= 0.6 is 24.0 Å². The number of carbonyl (C=O) groups is 2. The molecule has 0 aromatic heterocycles. The molecule has 1 amide bonds. The Morgan fingerprint density at radius 2 is 2.04 bits per heavy atom. The highest BCUT2D eigenvalue weighted by molar-refractivity contribution is 8.26. The van der Waals surface area contributed by atoms with Gasteiger partial charge in [0.15, 0.2) is 11.5 Å². The third kappa shape index (κ3) is 4.02. The van der Waals surface area contributed by atoms with Crippen LogP contribution in [0, 0.1) is 0 Å². The first-order valence-corrected chi connectivity index (χ1v) is 7.86. The first-order chi connectivity index (χ1) is 11.0. The molecule has 6 nitrogen and oxygen atoms in total. The summed E-state index contributed by atoms with van der Waals surface area (Å²) in [5.74, 6) is -0.390. The molecule has 0 unspecified atom stereocenters. The van der Waals surface area contributed by atoms with Crippen molar-refractivity contribution >= 4 is 46.3 Å². The molecule has 1 saturated heterocycles. The Bertz CT molecular complexity index is 686. The fourth-order valence-electron chi connectivity index (χ4n) is 1.99. The van der Waals surface area contributed by atoms with Gasteiger partial charge in [0.25, 0.3) is 5.91 Å². The number of carboxylic acid groups (broad SMARTS) is 1. The normalized spacial score (nSPS) is 16.1. The average molecular weight is 352 g/mol. The van der Waals surface area contributed by atoms with Crippen molar-refractivity contribution in [3.05, 3.63) is 28.7 Å². The van der Waals surface area contributed by atoms with Crippen molar-refractivity contribution in [1.82, 2.24) is 4.90 Å². The number of hydrogen-bond donors (Lipinski definition) is 0. The Kier molecular flexibility index (Phi) is 5.62. The molecule has 0 N–H and O–H groups in total. The minimum atomic E-state index is -1.22. The van der Waals surface area contributed by atoms with Crippen LogP contribution in [0.3, 0.4) is 0 Å². The lowest BCUT2D eigenvalue weighted by Crippen LogP contribution is -2.33. The van der Waals surface area contributed by atoms with E-state index < -0.39 is 5.97 Å². The molecule has 1 aliphatic heterocycles. The molecule has 0 atom stereocenters. The van der Waals surface area contributed by atoms with Gasteiger partial charge in [-0.2, -0.15) is 0 Å². The van der Waals surface area contributed by atoms with Crippen molar-refractivity contribution in [3.8, 4) is 11.5 Å². The molecule has 8 heteroatoms. The van der Waals surface area contributed by atoms with Crippen molar-refractivity contribution in [1.29, 1.82) is 0 Å². The van der Waals surface area contributed by atoms with Crippen LogP contribution in [0.2, 0.25) is 0 Å². The first-order valence-electron chi connectivity index (χ1n) is 6.63. The number of carboxylic acids is 1. The Morgan fingerprint density at radius 3 is 2.65 bits per heavy atom. The molecule has 1 aromatic rings. The van der Waals surface area contributed by atoms with Crippen LogP contribution in [0.25, 0.3) is 6.08 Å². The topological polar surface area (TPSA) is 78.9 Å². The van der Waals surface area contributed by atoms with E-state index in [2.05, 4.69) is 0 Å². The summed E-state index contributed by atoms with van der Waals surface area (Å²) in [5, 5.41) is 10.5. The minimum absolute atomic E-state index is 0.0102. The number of methoxy groups -OCH3 is 2. The molecule has 0 spiro atoms. The van der Waals surface area contributed by atoms with Gasteiger partial charge < -0.3 is 19.4 Å². The van der Waals surface area contributed by atoms with E-state index in [1.165, 1.54) is 12.0 Å². The molecule has 23 heavy (non-hydrogen) atoms. The molecule has 2 rings (SSSR count). The zero-order valence-corrected chi connectivity index (χ0v) is 14.2. The Hall–Kier alpha value is -2.06. The summed E-state index contributed by atoms with van der Waals surface area (Å²) in [4.78, 5) is 24.5. The number of hydrogen-bond acceptors (Lipinski definition) is 7. The van der Waals surface area contributed by atoms with Gasteiger partial charge >= 0.3 is 0 Å². The van der Waals surface area contributed by atoms with Crippen molar-refractivity contribution < 1.29 is 24.2 Å². The number of rotatable bonds is 6. The summed E-state index contributed by atoms with van der Waals surface area (Å²) in [6.07, 6.45) is 1.43. The fourth-order valence-corrected chi connectivity index (χ4v) is 3.30. The van der Waals surface area contributed by atoms with Gasteiger partial charge in [-0.1, -0.05) is 30.0 Å². The van der Waals surface area contributed by atoms with Gasteiger partial charge in [0, 0.05) is 18.9 Å². The van der Waals surface area contributed by atoms with E-state index in [0.717, 1.165) is 17.3 Å². The zero-order chi connectivity index (χ0) is 17.0. The van der Waals surface area contributed by atoms with Crippen molar-refractivity contribution in [2.75, 3.05) is 20.8 Å². The highest BCUT2D eigenvalue weighted by Crippen LogP contribution is 2.34. The third-order valence-electron chi connectivity index (χ3n) is 3.12. The van der Waals surface area contributed by atoms with Crippen LogP contribution in [0.15, 0.2) is 23.1 Å². The van der Waals surface area contributed by atoms with E-state index in [0.29, 0.717) is 20.7 Å². The molecule has 0 radical (unpaired) electrons. The maximum atomic E-state index is 12.3. The number of nitrogens with zero attached hydrogens (tertiary/aromatic N) is 1. The van der Waals surface area contributed by atoms with Crippen LogP contribution in [0.5, 0.6) is 11.5 Å². The van der Waals surface area contributed by atoms with Gasteiger partial charge in [-0.15, -0.1) is 0 Å². The van der Waals surface area contributed by atoms with E-state index in [1.54, 1.807) is 31.4 Å². The highest BCUT2D eigenvalue weighted by Gasteiger charge is 2.31. The van der Waals surface area contributed by atoms with Crippen LogP contribution in [-0.2, 0) is 9.59 Å². The Balaban J connectivity index is 2.21. The standard InChI is InChI=1S/C15H15NO5S2/c1-20-10-4-3-9(7-11(10)21-2)8-12-14(19)16(15(22)23-12)6-5-13(17)18/h3-4,7-8H,5-6H2,1-2H3,(H,17,18)/p-1/b12-8-. The van der Waals surface area contributed by atoms with Crippen LogP contribution < -0.4 is 14.6 Å². The van der Waals surface area contributed by atoms with Crippen LogP contribution in [0.1, 0.15) is 12.0 Å². The second kappa shape index (κ2) is 7.47.